The molecule has 2 aromatic carbocycles. The van der Waals surface area contributed by atoms with Gasteiger partial charge in [-0.15, -0.1) is 0 Å². The standard InChI is InChI=1S/C21H20ClNO2S/c1-15-2-8-18(9-3-15)26(24,25)23-13-12-21(16-4-6-17(22)7-5-16)19(14-23)20(21)10-11-20/h2-9,12-13,19H,10-11,14H2,1H3/t19-,21+/m0/s1. The van der Waals surface area contributed by atoms with E-state index in [-0.39, 0.29) is 10.8 Å². The summed E-state index contributed by atoms with van der Waals surface area (Å²) < 4.78 is 27.6. The van der Waals surface area contributed by atoms with Gasteiger partial charge in [0.15, 0.2) is 0 Å². The molecular weight excluding hydrogens is 366 g/mol. The summed E-state index contributed by atoms with van der Waals surface area (Å²) in [6.07, 6.45) is 6.25. The fourth-order valence-corrected chi connectivity index (χ4v) is 6.43. The fourth-order valence-electron chi connectivity index (χ4n) is 4.99. The van der Waals surface area contributed by atoms with E-state index in [1.165, 1.54) is 22.7 Å². The summed E-state index contributed by atoms with van der Waals surface area (Å²) in [5.41, 5.74) is 2.54. The summed E-state index contributed by atoms with van der Waals surface area (Å²) in [4.78, 5) is 0.359. The molecule has 1 spiro atoms. The van der Waals surface area contributed by atoms with Crippen LogP contribution in [-0.4, -0.2) is 19.3 Å². The molecule has 3 aliphatic rings. The predicted octanol–water partition coefficient (Wildman–Crippen LogP) is 4.51. The molecule has 2 fully saturated rings. The maximum atomic E-state index is 13.0. The topological polar surface area (TPSA) is 37.4 Å². The lowest BCUT2D eigenvalue weighted by atomic mass is 9.90. The van der Waals surface area contributed by atoms with Crippen molar-refractivity contribution < 1.29 is 8.42 Å². The SMILES string of the molecule is Cc1ccc(S(=O)(=O)N2C=C[C@@]3(c4ccc(Cl)cc4)[C@@H](C2)C32CC2)cc1. The van der Waals surface area contributed by atoms with Crippen molar-refractivity contribution >= 4 is 21.6 Å². The number of rotatable bonds is 3. The van der Waals surface area contributed by atoms with E-state index in [1.807, 2.05) is 31.2 Å². The Labute approximate surface area is 159 Å². The average Bonchev–Trinajstić information content (AvgIpc) is 3.54. The highest BCUT2D eigenvalue weighted by Gasteiger charge is 2.82. The summed E-state index contributed by atoms with van der Waals surface area (Å²) in [5.74, 6) is 0.349. The Morgan fingerprint density at radius 1 is 1.04 bits per heavy atom. The van der Waals surface area contributed by atoms with Crippen molar-refractivity contribution in [2.75, 3.05) is 6.54 Å². The highest BCUT2D eigenvalue weighted by Crippen LogP contribution is 2.84. The Hall–Kier alpha value is -1.78. The van der Waals surface area contributed by atoms with Crippen LogP contribution in [-0.2, 0) is 15.4 Å². The Bertz CT molecular complexity index is 1010. The minimum atomic E-state index is -3.50. The summed E-state index contributed by atoms with van der Waals surface area (Å²) in [5, 5.41) is 0.732. The molecule has 134 valence electrons. The zero-order valence-corrected chi connectivity index (χ0v) is 16.1. The molecule has 0 aromatic heterocycles. The third-order valence-electron chi connectivity index (χ3n) is 6.56. The lowest BCUT2D eigenvalue weighted by Crippen LogP contribution is -2.32. The number of allylic oxidation sites excluding steroid dienone is 1. The van der Waals surface area contributed by atoms with E-state index in [9.17, 15) is 8.42 Å². The number of aryl methyl sites for hydroxylation is 1. The normalized spacial score (nSPS) is 28.1. The van der Waals surface area contributed by atoms with Gasteiger partial charge in [-0.05, 0) is 60.9 Å². The fraction of sp³-hybridized carbons (Fsp3) is 0.333. The van der Waals surface area contributed by atoms with E-state index < -0.39 is 10.0 Å². The first kappa shape index (κ1) is 16.4. The van der Waals surface area contributed by atoms with Crippen molar-refractivity contribution in [2.24, 2.45) is 11.3 Å². The van der Waals surface area contributed by atoms with Crippen molar-refractivity contribution in [1.82, 2.24) is 4.31 Å². The largest absolute Gasteiger partial charge is 0.273 e. The van der Waals surface area contributed by atoms with Crippen molar-refractivity contribution in [2.45, 2.75) is 30.1 Å². The molecule has 0 unspecified atom stereocenters. The molecule has 0 bridgehead atoms. The number of hydrogen-bond acceptors (Lipinski definition) is 2. The second-order valence-corrected chi connectivity index (χ2v) is 10.1. The van der Waals surface area contributed by atoms with Gasteiger partial charge >= 0.3 is 0 Å². The Morgan fingerprint density at radius 2 is 1.69 bits per heavy atom. The van der Waals surface area contributed by atoms with Crippen molar-refractivity contribution in [3.05, 3.63) is 77.0 Å². The smallest absolute Gasteiger partial charge is 0.263 e. The predicted molar refractivity (Wildman–Crippen MR) is 102 cm³/mol. The molecule has 1 heterocycles. The molecule has 2 aliphatic carbocycles. The Kier molecular flexibility index (Phi) is 3.24. The zero-order valence-electron chi connectivity index (χ0n) is 14.5. The highest BCUT2D eigenvalue weighted by molar-refractivity contribution is 7.89. The van der Waals surface area contributed by atoms with Crippen LogP contribution < -0.4 is 0 Å². The lowest BCUT2D eigenvalue weighted by molar-refractivity contribution is 0.447. The number of benzene rings is 2. The van der Waals surface area contributed by atoms with Crippen LogP contribution in [0.2, 0.25) is 5.02 Å². The van der Waals surface area contributed by atoms with Crippen LogP contribution in [0.25, 0.3) is 0 Å². The van der Waals surface area contributed by atoms with Crippen LogP contribution in [0, 0.1) is 18.3 Å². The van der Waals surface area contributed by atoms with Crippen LogP contribution >= 0.6 is 11.6 Å². The molecule has 0 saturated heterocycles. The number of sulfonamides is 1. The second-order valence-electron chi connectivity index (χ2n) is 7.79. The number of fused-ring (bicyclic) bond motifs is 3. The van der Waals surface area contributed by atoms with Crippen LogP contribution in [0.15, 0.2) is 65.7 Å². The van der Waals surface area contributed by atoms with Crippen LogP contribution in [0.1, 0.15) is 24.0 Å². The molecule has 2 atom stereocenters. The van der Waals surface area contributed by atoms with Gasteiger partial charge in [-0.2, -0.15) is 0 Å². The summed E-state index contributed by atoms with van der Waals surface area (Å²) in [7, 11) is -3.50. The van der Waals surface area contributed by atoms with Gasteiger partial charge in [0, 0.05) is 23.2 Å². The third kappa shape index (κ3) is 2.03. The lowest BCUT2D eigenvalue weighted by Gasteiger charge is -2.27. The first-order valence-corrected chi connectivity index (χ1v) is 10.8. The van der Waals surface area contributed by atoms with E-state index in [1.54, 1.807) is 18.3 Å². The minimum absolute atomic E-state index is 0.0170. The van der Waals surface area contributed by atoms with Crippen LogP contribution in [0.3, 0.4) is 0 Å². The Morgan fingerprint density at radius 3 is 2.31 bits per heavy atom. The molecule has 1 aliphatic heterocycles. The summed E-state index contributed by atoms with van der Waals surface area (Å²) in [6, 6.07) is 15.1. The van der Waals surface area contributed by atoms with E-state index in [2.05, 4.69) is 18.2 Å². The number of nitrogens with zero attached hydrogens (tertiary/aromatic N) is 1. The van der Waals surface area contributed by atoms with E-state index in [0.717, 1.165) is 10.6 Å². The van der Waals surface area contributed by atoms with Gasteiger partial charge in [-0.3, -0.25) is 4.31 Å². The van der Waals surface area contributed by atoms with E-state index in [4.69, 9.17) is 11.6 Å². The van der Waals surface area contributed by atoms with Gasteiger partial charge in [0.05, 0.1) is 4.90 Å². The highest BCUT2D eigenvalue weighted by atomic mass is 35.5. The quantitative estimate of drug-likeness (QED) is 0.779. The number of hydrogen-bond donors (Lipinski definition) is 0. The van der Waals surface area contributed by atoms with Gasteiger partial charge in [0.2, 0.25) is 0 Å². The molecule has 5 heteroatoms. The van der Waals surface area contributed by atoms with Crippen LogP contribution in [0.5, 0.6) is 0 Å². The molecule has 5 rings (SSSR count). The third-order valence-corrected chi connectivity index (χ3v) is 8.57. The van der Waals surface area contributed by atoms with Crippen LogP contribution in [0.4, 0.5) is 0 Å². The maximum Gasteiger partial charge on any atom is 0.263 e. The number of halogens is 1. The molecular formula is C21H20ClNO2S. The first-order chi connectivity index (χ1) is 12.4. The second kappa shape index (κ2) is 5.14. The molecule has 0 radical (unpaired) electrons. The van der Waals surface area contributed by atoms with E-state index in [0.29, 0.717) is 17.4 Å². The molecule has 2 saturated carbocycles. The summed E-state index contributed by atoms with van der Waals surface area (Å²) in [6.45, 7) is 2.51. The first-order valence-electron chi connectivity index (χ1n) is 8.94. The maximum absolute atomic E-state index is 13.0. The van der Waals surface area contributed by atoms with Gasteiger partial charge in [0.1, 0.15) is 0 Å². The van der Waals surface area contributed by atoms with Gasteiger partial charge in [-0.1, -0.05) is 47.5 Å². The summed E-state index contributed by atoms with van der Waals surface area (Å²) >= 11 is 6.05. The van der Waals surface area contributed by atoms with E-state index >= 15 is 0 Å². The molecule has 26 heavy (non-hydrogen) atoms. The molecule has 3 nitrogen and oxygen atoms in total. The van der Waals surface area contributed by atoms with Gasteiger partial charge < -0.3 is 0 Å². The van der Waals surface area contributed by atoms with Crippen molar-refractivity contribution in [3.8, 4) is 0 Å². The molecule has 0 amide bonds. The average molecular weight is 386 g/mol. The zero-order chi connectivity index (χ0) is 18.2. The minimum Gasteiger partial charge on any atom is -0.273 e. The van der Waals surface area contributed by atoms with Gasteiger partial charge in [0.25, 0.3) is 10.0 Å². The van der Waals surface area contributed by atoms with Crippen molar-refractivity contribution in [1.29, 1.82) is 0 Å². The Balaban J connectivity index is 1.51. The van der Waals surface area contributed by atoms with Gasteiger partial charge in [-0.25, -0.2) is 8.42 Å². The molecule has 0 N–H and O–H groups in total. The monoisotopic (exact) mass is 385 g/mol. The molecule has 2 aromatic rings. The van der Waals surface area contributed by atoms with Crippen molar-refractivity contribution in [3.63, 3.8) is 0 Å².